The van der Waals surface area contributed by atoms with Crippen molar-refractivity contribution in [2.45, 2.75) is 18.9 Å². The zero-order valence-electron chi connectivity index (χ0n) is 8.71. The van der Waals surface area contributed by atoms with Crippen molar-refractivity contribution in [2.75, 3.05) is 18.0 Å². The monoisotopic (exact) mass is 204 g/mol. The van der Waals surface area contributed by atoms with Crippen LogP contribution in [-0.2, 0) is 0 Å². The third-order valence-electron chi connectivity index (χ3n) is 3.84. The Morgan fingerprint density at radius 3 is 2.53 bits per heavy atom. The first kappa shape index (κ1) is 9.09. The molecule has 1 aromatic heterocycles. The summed E-state index contributed by atoms with van der Waals surface area (Å²) in [6.07, 6.45) is 6.18. The quantitative estimate of drug-likeness (QED) is 0.729. The van der Waals surface area contributed by atoms with Crippen LogP contribution < -0.4 is 10.6 Å². The molecule has 0 amide bonds. The van der Waals surface area contributed by atoms with Gasteiger partial charge in [-0.05, 0) is 30.7 Å². The van der Waals surface area contributed by atoms with Crippen LogP contribution in [-0.4, -0.2) is 29.3 Å². The molecule has 1 aliphatic heterocycles. The van der Waals surface area contributed by atoms with Crippen molar-refractivity contribution in [3.05, 3.63) is 18.5 Å². The molecule has 1 saturated carbocycles. The van der Waals surface area contributed by atoms with Gasteiger partial charge in [0.2, 0.25) is 0 Å². The maximum atomic E-state index is 6.17. The second kappa shape index (κ2) is 3.45. The first-order chi connectivity index (χ1) is 7.34. The summed E-state index contributed by atoms with van der Waals surface area (Å²) in [5, 5.41) is 7.73. The molecule has 2 unspecified atom stereocenters. The summed E-state index contributed by atoms with van der Waals surface area (Å²) in [5.41, 5.74) is 7.36. The lowest BCUT2D eigenvalue weighted by Gasteiger charge is -2.37. The van der Waals surface area contributed by atoms with Gasteiger partial charge >= 0.3 is 0 Å². The maximum absolute atomic E-state index is 6.17. The number of nitrogens with two attached hydrogens (primary N) is 1. The van der Waals surface area contributed by atoms with E-state index in [-0.39, 0.29) is 0 Å². The zero-order chi connectivity index (χ0) is 10.3. The number of anilines is 1. The molecule has 1 saturated heterocycles. The molecule has 0 radical (unpaired) electrons. The van der Waals surface area contributed by atoms with Crippen LogP contribution in [0.2, 0.25) is 0 Å². The predicted molar refractivity (Wildman–Crippen MR) is 58.4 cm³/mol. The van der Waals surface area contributed by atoms with Crippen molar-refractivity contribution in [1.29, 1.82) is 0 Å². The van der Waals surface area contributed by atoms with Crippen molar-refractivity contribution >= 4 is 5.69 Å². The summed E-state index contributed by atoms with van der Waals surface area (Å²) in [7, 11) is 0. The van der Waals surface area contributed by atoms with E-state index < -0.39 is 0 Å². The summed E-state index contributed by atoms with van der Waals surface area (Å²) < 4.78 is 0. The van der Waals surface area contributed by atoms with Gasteiger partial charge in [-0.15, -0.1) is 0 Å². The van der Waals surface area contributed by atoms with E-state index >= 15 is 0 Å². The number of hydrogen-bond acceptors (Lipinski definition) is 4. The lowest BCUT2D eigenvalue weighted by Crippen LogP contribution is -2.48. The lowest BCUT2D eigenvalue weighted by atomic mass is 9.93. The summed E-state index contributed by atoms with van der Waals surface area (Å²) >= 11 is 0. The van der Waals surface area contributed by atoms with Crippen LogP contribution in [0, 0.1) is 11.8 Å². The molecule has 0 spiro atoms. The Bertz CT molecular complexity index is 326. The Kier molecular flexibility index (Phi) is 2.09. The predicted octanol–water partition coefficient (Wildman–Crippen LogP) is 0.650. The molecule has 80 valence electrons. The zero-order valence-corrected chi connectivity index (χ0v) is 8.71. The van der Waals surface area contributed by atoms with E-state index in [0.29, 0.717) is 17.9 Å². The standard InChI is InChI=1S/C11H16N4/c12-11-8-1-2-9(11)7-15(6-8)10-3-4-13-14-5-10/h3-5,8-9,11H,1-2,6-7,12H2. The normalized spacial score (nSPS) is 34.5. The molecule has 3 rings (SSSR count). The van der Waals surface area contributed by atoms with Gasteiger partial charge in [0.15, 0.2) is 0 Å². The van der Waals surface area contributed by atoms with Crippen molar-refractivity contribution in [3.8, 4) is 0 Å². The minimum absolute atomic E-state index is 0.427. The summed E-state index contributed by atoms with van der Waals surface area (Å²) in [5.74, 6) is 1.36. The van der Waals surface area contributed by atoms with Gasteiger partial charge in [-0.3, -0.25) is 0 Å². The van der Waals surface area contributed by atoms with E-state index in [4.69, 9.17) is 5.73 Å². The Hall–Kier alpha value is -1.16. The smallest absolute Gasteiger partial charge is 0.0729 e. The molecule has 4 nitrogen and oxygen atoms in total. The van der Waals surface area contributed by atoms with E-state index in [1.54, 1.807) is 6.20 Å². The average Bonchev–Trinajstić information content (AvgIpc) is 2.54. The molecule has 1 aliphatic carbocycles. The highest BCUT2D eigenvalue weighted by Crippen LogP contribution is 2.37. The number of piperidine rings is 1. The van der Waals surface area contributed by atoms with Gasteiger partial charge in [-0.25, -0.2) is 0 Å². The Morgan fingerprint density at radius 2 is 1.93 bits per heavy atom. The highest BCUT2D eigenvalue weighted by molar-refractivity contribution is 5.44. The van der Waals surface area contributed by atoms with Gasteiger partial charge in [-0.1, -0.05) is 0 Å². The highest BCUT2D eigenvalue weighted by atomic mass is 15.2. The van der Waals surface area contributed by atoms with Crippen LogP contribution in [0.25, 0.3) is 0 Å². The third-order valence-corrected chi connectivity index (χ3v) is 3.84. The molecular weight excluding hydrogens is 188 g/mol. The minimum atomic E-state index is 0.427. The molecule has 2 atom stereocenters. The molecular formula is C11H16N4. The topological polar surface area (TPSA) is 55.0 Å². The second-order valence-electron chi connectivity index (χ2n) is 4.68. The van der Waals surface area contributed by atoms with Crippen molar-refractivity contribution < 1.29 is 0 Å². The van der Waals surface area contributed by atoms with Gasteiger partial charge in [0, 0.05) is 19.1 Å². The van der Waals surface area contributed by atoms with Gasteiger partial charge < -0.3 is 10.6 Å². The fraction of sp³-hybridized carbons (Fsp3) is 0.636. The third kappa shape index (κ3) is 1.49. The van der Waals surface area contributed by atoms with Crippen molar-refractivity contribution in [1.82, 2.24) is 10.2 Å². The summed E-state index contributed by atoms with van der Waals surface area (Å²) in [6, 6.07) is 2.46. The van der Waals surface area contributed by atoms with Crippen molar-refractivity contribution in [2.24, 2.45) is 17.6 Å². The van der Waals surface area contributed by atoms with Crippen LogP contribution in [0.3, 0.4) is 0 Å². The Balaban J connectivity index is 1.81. The number of hydrogen-bond donors (Lipinski definition) is 1. The Morgan fingerprint density at radius 1 is 1.20 bits per heavy atom. The van der Waals surface area contributed by atoms with Crippen molar-refractivity contribution in [3.63, 3.8) is 0 Å². The molecule has 4 heteroatoms. The highest BCUT2D eigenvalue weighted by Gasteiger charge is 2.39. The van der Waals surface area contributed by atoms with Gasteiger partial charge in [0.1, 0.15) is 0 Å². The average molecular weight is 204 g/mol. The number of rotatable bonds is 1. The maximum Gasteiger partial charge on any atom is 0.0729 e. The fourth-order valence-corrected chi connectivity index (χ4v) is 2.95. The van der Waals surface area contributed by atoms with E-state index in [1.165, 1.54) is 18.5 Å². The number of fused-ring (bicyclic) bond motifs is 2. The lowest BCUT2D eigenvalue weighted by molar-refractivity contribution is 0.356. The van der Waals surface area contributed by atoms with Crippen LogP contribution in [0.5, 0.6) is 0 Å². The van der Waals surface area contributed by atoms with Gasteiger partial charge in [-0.2, -0.15) is 10.2 Å². The SMILES string of the molecule is NC1C2CCC1CN(c1ccnnc1)C2. The first-order valence-corrected chi connectivity index (χ1v) is 5.62. The molecule has 2 bridgehead atoms. The van der Waals surface area contributed by atoms with E-state index in [9.17, 15) is 0 Å². The Labute approximate surface area is 89.5 Å². The number of aromatic nitrogens is 2. The van der Waals surface area contributed by atoms with Gasteiger partial charge in [0.25, 0.3) is 0 Å². The van der Waals surface area contributed by atoms with E-state index in [1.807, 2.05) is 12.3 Å². The number of nitrogens with zero attached hydrogens (tertiary/aromatic N) is 3. The summed E-state index contributed by atoms with van der Waals surface area (Å²) in [4.78, 5) is 2.40. The molecule has 0 aromatic carbocycles. The summed E-state index contributed by atoms with van der Waals surface area (Å²) in [6.45, 7) is 2.17. The molecule has 2 aliphatic rings. The molecule has 1 aromatic rings. The molecule has 2 fully saturated rings. The molecule has 15 heavy (non-hydrogen) atoms. The van der Waals surface area contributed by atoms with Crippen LogP contribution in [0.15, 0.2) is 18.5 Å². The fourth-order valence-electron chi connectivity index (χ4n) is 2.95. The van der Waals surface area contributed by atoms with E-state index in [2.05, 4.69) is 15.1 Å². The van der Waals surface area contributed by atoms with Crippen LogP contribution in [0.1, 0.15) is 12.8 Å². The second-order valence-corrected chi connectivity index (χ2v) is 4.68. The van der Waals surface area contributed by atoms with Gasteiger partial charge in [0.05, 0.1) is 18.1 Å². The van der Waals surface area contributed by atoms with Crippen LogP contribution >= 0.6 is 0 Å². The van der Waals surface area contributed by atoms with E-state index in [0.717, 1.165) is 13.1 Å². The first-order valence-electron chi connectivity index (χ1n) is 5.62. The largest absolute Gasteiger partial charge is 0.370 e. The minimum Gasteiger partial charge on any atom is -0.370 e. The molecule has 2 heterocycles. The van der Waals surface area contributed by atoms with Crippen LogP contribution in [0.4, 0.5) is 5.69 Å². The molecule has 2 N–H and O–H groups in total.